The number of ether oxygens (including phenoxy) is 2. The highest BCUT2D eigenvalue weighted by Crippen LogP contribution is 2.44. The maximum absolute atomic E-state index is 13.2. The molecule has 0 aliphatic heterocycles. The smallest absolute Gasteiger partial charge is 0.350 e. The van der Waals surface area contributed by atoms with E-state index < -0.39 is 48.4 Å². The van der Waals surface area contributed by atoms with Gasteiger partial charge in [-0.3, -0.25) is 4.79 Å². The molecular formula is C28H38O8. The molecule has 36 heavy (non-hydrogen) atoms. The standard InChI is InChI=1S/C28H38O8/c1-17-9-10-18-13-20(30)15-24(35-27(34)28(2,3)36-22-7-5-4-6-8-22)26(18)23(17)12-11-19(29)14-21(31)16-25(32)33/h4-10,13,17,19-21,23-24,26,29-31H,11-12,14-16H2,1-3H3,(H,32,33)/t17-,19-,20-,21-,23+,24+,26+/m1/s1. The summed E-state index contributed by atoms with van der Waals surface area (Å²) in [6, 6.07) is 9.03. The van der Waals surface area contributed by atoms with Crippen molar-refractivity contribution in [3.8, 4) is 5.75 Å². The van der Waals surface area contributed by atoms with Crippen LogP contribution in [0.3, 0.4) is 0 Å². The van der Waals surface area contributed by atoms with Crippen LogP contribution in [-0.4, -0.2) is 62.4 Å². The Labute approximate surface area is 212 Å². The molecule has 1 aromatic rings. The van der Waals surface area contributed by atoms with Crippen LogP contribution in [0.25, 0.3) is 0 Å². The molecule has 8 heteroatoms. The summed E-state index contributed by atoms with van der Waals surface area (Å²) in [5.74, 6) is -1.09. The van der Waals surface area contributed by atoms with E-state index in [1.807, 2.05) is 24.3 Å². The number of aliphatic hydroxyl groups is 3. The average Bonchev–Trinajstić information content (AvgIpc) is 2.78. The topological polar surface area (TPSA) is 134 Å². The molecule has 0 heterocycles. The van der Waals surface area contributed by atoms with Gasteiger partial charge in [-0.2, -0.15) is 0 Å². The van der Waals surface area contributed by atoms with E-state index >= 15 is 0 Å². The van der Waals surface area contributed by atoms with Crippen LogP contribution in [0.4, 0.5) is 0 Å². The lowest BCUT2D eigenvalue weighted by molar-refractivity contribution is -0.170. The summed E-state index contributed by atoms with van der Waals surface area (Å²) >= 11 is 0. The first-order valence-corrected chi connectivity index (χ1v) is 12.6. The van der Waals surface area contributed by atoms with E-state index in [-0.39, 0.29) is 30.6 Å². The van der Waals surface area contributed by atoms with Crippen molar-refractivity contribution in [3.63, 3.8) is 0 Å². The summed E-state index contributed by atoms with van der Waals surface area (Å²) in [6.07, 6.45) is 3.33. The second kappa shape index (κ2) is 12.0. The maximum atomic E-state index is 13.2. The number of esters is 1. The van der Waals surface area contributed by atoms with Crippen LogP contribution in [0.15, 0.2) is 54.1 Å². The predicted octanol–water partition coefficient (Wildman–Crippen LogP) is 3.25. The molecule has 0 saturated heterocycles. The summed E-state index contributed by atoms with van der Waals surface area (Å²) in [6.45, 7) is 5.37. The van der Waals surface area contributed by atoms with E-state index in [9.17, 15) is 24.9 Å². The Bertz CT molecular complexity index is 954. The number of benzene rings is 1. The zero-order valence-corrected chi connectivity index (χ0v) is 21.1. The maximum Gasteiger partial charge on any atom is 0.350 e. The van der Waals surface area contributed by atoms with Gasteiger partial charge in [-0.15, -0.1) is 0 Å². The van der Waals surface area contributed by atoms with Crippen molar-refractivity contribution >= 4 is 11.9 Å². The third-order valence-corrected chi connectivity index (χ3v) is 7.03. The summed E-state index contributed by atoms with van der Waals surface area (Å²) in [7, 11) is 0. The quantitative estimate of drug-likeness (QED) is 0.339. The van der Waals surface area contributed by atoms with Crippen molar-refractivity contribution in [1.29, 1.82) is 0 Å². The number of rotatable bonds is 11. The molecule has 0 radical (unpaired) electrons. The fourth-order valence-electron chi connectivity index (χ4n) is 5.19. The molecule has 0 bridgehead atoms. The lowest BCUT2D eigenvalue weighted by Crippen LogP contribution is -2.47. The first kappa shape index (κ1) is 27.9. The van der Waals surface area contributed by atoms with Gasteiger partial charge in [-0.1, -0.05) is 43.4 Å². The zero-order valence-electron chi connectivity index (χ0n) is 21.1. The summed E-state index contributed by atoms with van der Waals surface area (Å²) in [5.41, 5.74) is -0.341. The molecule has 0 spiro atoms. The Kier molecular flexibility index (Phi) is 9.33. The van der Waals surface area contributed by atoms with Gasteiger partial charge in [0.15, 0.2) is 5.60 Å². The number of allylic oxidation sites excluding steroid dienone is 2. The van der Waals surface area contributed by atoms with E-state index in [1.54, 1.807) is 32.1 Å². The Hall–Kier alpha value is -2.68. The molecule has 4 N–H and O–H groups in total. The molecule has 1 aromatic carbocycles. The highest BCUT2D eigenvalue weighted by atomic mass is 16.6. The van der Waals surface area contributed by atoms with Crippen molar-refractivity contribution in [2.24, 2.45) is 17.8 Å². The third-order valence-electron chi connectivity index (χ3n) is 7.03. The highest BCUT2D eigenvalue weighted by molar-refractivity contribution is 5.79. The SMILES string of the molecule is C[C@@H]1C=CC2=C[C@@H](O)C[C@H](OC(=O)C(C)(C)Oc3ccccc3)[C@@H]2[C@H]1CC[C@@H](O)C[C@@H](O)CC(=O)O. The molecule has 2 aliphatic rings. The van der Waals surface area contributed by atoms with Gasteiger partial charge in [0.2, 0.25) is 0 Å². The van der Waals surface area contributed by atoms with Gasteiger partial charge < -0.3 is 29.9 Å². The van der Waals surface area contributed by atoms with Crippen LogP contribution in [0.5, 0.6) is 5.75 Å². The minimum absolute atomic E-state index is 0.0151. The number of carboxylic acid groups (broad SMARTS) is 1. The average molecular weight is 503 g/mol. The zero-order chi connectivity index (χ0) is 26.5. The second-order valence-corrected chi connectivity index (χ2v) is 10.5. The Morgan fingerprint density at radius 1 is 1.14 bits per heavy atom. The van der Waals surface area contributed by atoms with Gasteiger partial charge in [-0.05, 0) is 62.7 Å². The minimum atomic E-state index is -1.24. The number of para-hydroxylation sites is 1. The van der Waals surface area contributed by atoms with Gasteiger partial charge in [0.05, 0.1) is 24.7 Å². The fourth-order valence-corrected chi connectivity index (χ4v) is 5.19. The molecule has 2 aliphatic carbocycles. The van der Waals surface area contributed by atoms with E-state index in [1.165, 1.54) is 0 Å². The summed E-state index contributed by atoms with van der Waals surface area (Å²) < 4.78 is 11.9. The van der Waals surface area contributed by atoms with Crippen molar-refractivity contribution in [2.75, 3.05) is 0 Å². The van der Waals surface area contributed by atoms with Crippen LogP contribution < -0.4 is 4.74 Å². The summed E-state index contributed by atoms with van der Waals surface area (Å²) in [5, 5.41) is 39.6. The predicted molar refractivity (Wildman–Crippen MR) is 133 cm³/mol. The number of hydrogen-bond donors (Lipinski definition) is 4. The number of carbonyl (C=O) groups excluding carboxylic acids is 1. The molecule has 0 unspecified atom stereocenters. The second-order valence-electron chi connectivity index (χ2n) is 10.5. The lowest BCUT2D eigenvalue weighted by atomic mass is 9.66. The molecule has 7 atom stereocenters. The fraction of sp³-hybridized carbons (Fsp3) is 0.571. The van der Waals surface area contributed by atoms with Crippen molar-refractivity contribution in [1.82, 2.24) is 0 Å². The van der Waals surface area contributed by atoms with Gasteiger partial charge in [-0.25, -0.2) is 4.79 Å². The molecule has 198 valence electrons. The molecule has 0 amide bonds. The van der Waals surface area contributed by atoms with Crippen LogP contribution in [0.1, 0.15) is 52.9 Å². The largest absolute Gasteiger partial charge is 0.481 e. The number of aliphatic carboxylic acids is 1. The number of carboxylic acids is 1. The Morgan fingerprint density at radius 2 is 1.83 bits per heavy atom. The highest BCUT2D eigenvalue weighted by Gasteiger charge is 2.44. The van der Waals surface area contributed by atoms with Crippen molar-refractivity contribution in [3.05, 3.63) is 54.1 Å². The number of fused-ring (bicyclic) bond motifs is 1. The van der Waals surface area contributed by atoms with Gasteiger partial charge in [0.1, 0.15) is 11.9 Å². The van der Waals surface area contributed by atoms with Gasteiger partial charge in [0.25, 0.3) is 0 Å². The first-order valence-electron chi connectivity index (χ1n) is 12.6. The molecular weight excluding hydrogens is 464 g/mol. The van der Waals surface area contributed by atoms with E-state index in [4.69, 9.17) is 14.6 Å². The Morgan fingerprint density at radius 3 is 2.50 bits per heavy atom. The van der Waals surface area contributed by atoms with Gasteiger partial charge >= 0.3 is 11.9 Å². The molecule has 0 fully saturated rings. The van der Waals surface area contributed by atoms with E-state index in [0.717, 1.165) is 5.57 Å². The molecule has 8 nitrogen and oxygen atoms in total. The number of aliphatic hydroxyl groups excluding tert-OH is 3. The van der Waals surface area contributed by atoms with Crippen molar-refractivity contribution in [2.45, 2.75) is 82.9 Å². The Balaban J connectivity index is 1.71. The number of hydrogen-bond acceptors (Lipinski definition) is 7. The molecule has 0 aromatic heterocycles. The van der Waals surface area contributed by atoms with E-state index in [2.05, 4.69) is 13.0 Å². The van der Waals surface area contributed by atoms with Crippen LogP contribution in [-0.2, 0) is 14.3 Å². The summed E-state index contributed by atoms with van der Waals surface area (Å²) in [4.78, 5) is 24.0. The minimum Gasteiger partial charge on any atom is -0.481 e. The lowest BCUT2D eigenvalue weighted by Gasteiger charge is -2.43. The van der Waals surface area contributed by atoms with Gasteiger partial charge in [0, 0.05) is 12.3 Å². The van der Waals surface area contributed by atoms with E-state index in [0.29, 0.717) is 18.6 Å². The van der Waals surface area contributed by atoms with Crippen LogP contribution in [0, 0.1) is 17.8 Å². The molecule has 0 saturated carbocycles. The molecule has 3 rings (SSSR count). The first-order chi connectivity index (χ1) is 17.0. The normalized spacial score (nSPS) is 27.4. The monoisotopic (exact) mass is 502 g/mol. The third kappa shape index (κ3) is 7.41. The van der Waals surface area contributed by atoms with Crippen molar-refractivity contribution < 1.29 is 39.5 Å². The number of carbonyl (C=O) groups is 2. The van der Waals surface area contributed by atoms with Crippen LogP contribution >= 0.6 is 0 Å². The van der Waals surface area contributed by atoms with Crippen LogP contribution in [0.2, 0.25) is 0 Å².